The predicted octanol–water partition coefficient (Wildman–Crippen LogP) is -1.20. The number of aliphatic carboxylic acids is 2. The van der Waals surface area contributed by atoms with Gasteiger partial charge in [0.1, 0.15) is 42.3 Å². The summed E-state index contributed by atoms with van der Waals surface area (Å²) in [6.45, 7) is 6.81. The predicted molar refractivity (Wildman–Crippen MR) is 231 cm³/mol. The second-order valence-electron chi connectivity index (χ2n) is 15.7. The second-order valence-corrected chi connectivity index (χ2v) is 16.1. The van der Waals surface area contributed by atoms with Crippen LogP contribution in [-0.2, 0) is 49.6 Å². The summed E-state index contributed by atoms with van der Waals surface area (Å²) in [5.74, 6) is -8.57. The molecule has 0 saturated carbocycles. The zero-order valence-electron chi connectivity index (χ0n) is 35.9. The average molecular weight is 892 g/mol. The van der Waals surface area contributed by atoms with Crippen LogP contribution in [0.25, 0.3) is 0 Å². The molecule has 1 heterocycles. The third-order valence-corrected chi connectivity index (χ3v) is 11.0. The highest BCUT2D eigenvalue weighted by Gasteiger charge is 2.41. The number of carbonyl (C=O) groups is 9. The maximum atomic E-state index is 14.5. The molecule has 0 aliphatic carbocycles. The summed E-state index contributed by atoms with van der Waals surface area (Å²) in [6.07, 6.45) is 1.34. The molecule has 7 amide bonds. The zero-order valence-corrected chi connectivity index (χ0v) is 36.8. The minimum Gasteiger partial charge on any atom is -0.481 e. The van der Waals surface area contributed by atoms with Gasteiger partial charge in [0, 0.05) is 25.1 Å². The lowest BCUT2D eigenvalue weighted by molar-refractivity contribution is -0.143. The van der Waals surface area contributed by atoms with Crippen LogP contribution >= 0.6 is 12.6 Å². The van der Waals surface area contributed by atoms with Crippen molar-refractivity contribution in [3.8, 4) is 0 Å². The lowest BCUT2D eigenvalue weighted by Crippen LogP contribution is -2.61. The van der Waals surface area contributed by atoms with Gasteiger partial charge >= 0.3 is 11.9 Å². The highest BCUT2D eigenvalue weighted by atomic mass is 32.1. The van der Waals surface area contributed by atoms with Gasteiger partial charge in [-0.1, -0.05) is 64.4 Å². The Balaban J connectivity index is 2.42. The third kappa shape index (κ3) is 16.9. The Labute approximate surface area is 367 Å². The Morgan fingerprint density at radius 3 is 1.92 bits per heavy atom. The Hall–Kier alpha value is -5.28. The first-order valence-corrected chi connectivity index (χ1v) is 21.6. The molecular weight excluding hydrogens is 827 g/mol. The molecule has 20 nitrogen and oxygen atoms in total. The Kier molecular flexibility index (Phi) is 23.0. The van der Waals surface area contributed by atoms with Crippen LogP contribution in [0, 0.1) is 11.8 Å². The van der Waals surface area contributed by atoms with E-state index in [4.69, 9.17) is 11.5 Å². The van der Waals surface area contributed by atoms with Crippen LogP contribution in [0.2, 0.25) is 0 Å². The monoisotopic (exact) mass is 891 g/mol. The summed E-state index contributed by atoms with van der Waals surface area (Å²) < 4.78 is 0. The number of carboxylic acid groups (broad SMARTS) is 2. The standard InChI is InChI=1S/C41H65N9O11S/c1-5-24(4)34(49-36(55)27(16-17-32(52)53)44-31(51)21-43)39(58)45-26(14-9-10-18-42)35(54)46-28(20-25-12-7-6-8-13-25)40(59)50-19-11-15-30(50)37(56)48-33(23(2)3)38(57)47-29(22-62)41(60)61/h6-8,12-13,23-24,26-30,33-34,62H,5,9-11,14-22,42-43H2,1-4H3,(H,44,51)(H,45,58)(H,46,54)(H,47,57)(H,48,56)(H,49,55)(H,52,53)(H,60,61)/t24-,26-,27-,28-,29-,30-,33-,34-/m0/s1. The van der Waals surface area contributed by atoms with E-state index in [2.05, 4.69) is 44.5 Å². The van der Waals surface area contributed by atoms with Crippen molar-refractivity contribution in [1.29, 1.82) is 0 Å². The number of nitrogens with one attached hydrogen (secondary N) is 6. The fourth-order valence-electron chi connectivity index (χ4n) is 6.83. The normalized spacial score (nSPS) is 17.0. The van der Waals surface area contributed by atoms with E-state index in [9.17, 15) is 53.4 Å². The highest BCUT2D eigenvalue weighted by Crippen LogP contribution is 2.21. The van der Waals surface area contributed by atoms with Gasteiger partial charge in [-0.05, 0) is 62.5 Å². The number of hydrogen-bond acceptors (Lipinski definition) is 12. The van der Waals surface area contributed by atoms with E-state index < -0.39 is 120 Å². The Morgan fingerprint density at radius 2 is 1.35 bits per heavy atom. The molecule has 62 heavy (non-hydrogen) atoms. The minimum atomic E-state index is -1.32. The van der Waals surface area contributed by atoms with E-state index >= 15 is 0 Å². The van der Waals surface area contributed by atoms with E-state index in [0.717, 1.165) is 0 Å². The van der Waals surface area contributed by atoms with Crippen molar-refractivity contribution in [1.82, 2.24) is 36.8 Å². The fourth-order valence-corrected chi connectivity index (χ4v) is 7.07. The van der Waals surface area contributed by atoms with Crippen LogP contribution in [0.1, 0.15) is 84.6 Å². The van der Waals surface area contributed by atoms with Crippen LogP contribution in [0.5, 0.6) is 0 Å². The molecule has 12 N–H and O–H groups in total. The largest absolute Gasteiger partial charge is 0.481 e. The molecule has 8 atom stereocenters. The molecule has 0 unspecified atom stereocenters. The van der Waals surface area contributed by atoms with Crippen LogP contribution in [0.3, 0.4) is 0 Å². The van der Waals surface area contributed by atoms with Gasteiger partial charge < -0.3 is 58.5 Å². The van der Waals surface area contributed by atoms with Crippen molar-refractivity contribution in [2.45, 2.75) is 128 Å². The van der Waals surface area contributed by atoms with Gasteiger partial charge in [0.15, 0.2) is 0 Å². The molecule has 0 aromatic heterocycles. The van der Waals surface area contributed by atoms with Gasteiger partial charge in [0.2, 0.25) is 41.4 Å². The summed E-state index contributed by atoms with van der Waals surface area (Å²) >= 11 is 3.99. The number of benzene rings is 1. The van der Waals surface area contributed by atoms with Gasteiger partial charge in [0.05, 0.1) is 6.54 Å². The third-order valence-electron chi connectivity index (χ3n) is 10.6. The van der Waals surface area contributed by atoms with Gasteiger partial charge in [-0.2, -0.15) is 12.6 Å². The van der Waals surface area contributed by atoms with Crippen LogP contribution in [0.15, 0.2) is 30.3 Å². The first-order valence-electron chi connectivity index (χ1n) is 21.0. The quantitative estimate of drug-likeness (QED) is 0.0366. The molecule has 1 saturated heterocycles. The first-order chi connectivity index (χ1) is 29.4. The average Bonchev–Trinajstić information content (AvgIpc) is 3.74. The number of nitrogens with two attached hydrogens (primary N) is 2. The van der Waals surface area contributed by atoms with Crippen LogP contribution in [0.4, 0.5) is 0 Å². The van der Waals surface area contributed by atoms with Crippen LogP contribution < -0.4 is 43.4 Å². The van der Waals surface area contributed by atoms with E-state index in [-0.39, 0.29) is 38.0 Å². The number of thiol groups is 1. The number of hydrogen-bond donors (Lipinski definition) is 11. The molecule has 1 aliphatic heterocycles. The molecule has 2 rings (SSSR count). The molecule has 1 aliphatic rings. The van der Waals surface area contributed by atoms with Gasteiger partial charge in [-0.3, -0.25) is 38.4 Å². The van der Waals surface area contributed by atoms with Crippen molar-refractivity contribution in [3.05, 3.63) is 35.9 Å². The maximum Gasteiger partial charge on any atom is 0.327 e. The summed E-state index contributed by atoms with van der Waals surface area (Å²) in [5, 5.41) is 34.2. The lowest BCUT2D eigenvalue weighted by Gasteiger charge is -2.32. The topological polar surface area (TPSA) is 322 Å². The number of amides is 7. The number of carboxylic acids is 2. The van der Waals surface area contributed by atoms with Crippen molar-refractivity contribution >= 4 is 65.9 Å². The fraction of sp³-hybridized carbons (Fsp3) is 0.634. The van der Waals surface area contributed by atoms with Crippen molar-refractivity contribution < 1.29 is 53.4 Å². The molecular formula is C41H65N9O11S. The van der Waals surface area contributed by atoms with E-state index in [0.29, 0.717) is 37.8 Å². The summed E-state index contributed by atoms with van der Waals surface area (Å²) in [5.41, 5.74) is 11.8. The summed E-state index contributed by atoms with van der Waals surface area (Å²) in [7, 11) is 0. The number of nitrogens with zero attached hydrogens (tertiary/aromatic N) is 1. The smallest absolute Gasteiger partial charge is 0.327 e. The molecule has 1 aromatic rings. The molecule has 0 spiro atoms. The molecule has 0 bridgehead atoms. The zero-order chi connectivity index (χ0) is 46.5. The number of likely N-dealkylation sites (tertiary alicyclic amines) is 1. The highest BCUT2D eigenvalue weighted by molar-refractivity contribution is 7.80. The molecule has 1 fully saturated rings. The van der Waals surface area contributed by atoms with Crippen molar-refractivity contribution in [2.24, 2.45) is 23.3 Å². The second kappa shape index (κ2) is 26.9. The molecule has 346 valence electrons. The summed E-state index contributed by atoms with van der Waals surface area (Å²) in [4.78, 5) is 119. The van der Waals surface area contributed by atoms with Crippen LogP contribution in [-0.4, -0.2) is 136 Å². The SMILES string of the molecule is CC[C@H](C)[C@H](NC(=O)[C@H](CCC(=O)O)NC(=O)CN)C(=O)N[C@@H](CCCCN)C(=O)N[C@@H](Cc1ccccc1)C(=O)N1CCC[C@H]1C(=O)N[C@H](C(=O)N[C@@H](CS)C(=O)O)C(C)C. The molecule has 1 aromatic carbocycles. The summed E-state index contributed by atoms with van der Waals surface area (Å²) in [6, 6.07) is 0.385. The van der Waals surface area contributed by atoms with E-state index in [1.807, 2.05) is 0 Å². The van der Waals surface area contributed by atoms with Crippen molar-refractivity contribution in [3.63, 3.8) is 0 Å². The van der Waals surface area contributed by atoms with Gasteiger partial charge in [0.25, 0.3) is 0 Å². The number of unbranched alkanes of at least 4 members (excludes halogenated alkanes) is 1. The van der Waals surface area contributed by atoms with E-state index in [1.54, 1.807) is 58.0 Å². The van der Waals surface area contributed by atoms with Crippen molar-refractivity contribution in [2.75, 3.05) is 25.4 Å². The number of rotatable bonds is 27. The first kappa shape index (κ1) is 52.9. The van der Waals surface area contributed by atoms with Gasteiger partial charge in [-0.25, -0.2) is 4.79 Å². The Morgan fingerprint density at radius 1 is 0.758 bits per heavy atom. The van der Waals surface area contributed by atoms with E-state index in [1.165, 1.54) is 4.90 Å². The minimum absolute atomic E-state index is 0.00878. The molecule has 0 radical (unpaired) electrons. The lowest BCUT2D eigenvalue weighted by atomic mass is 9.96. The molecule has 21 heteroatoms. The Bertz CT molecular complexity index is 1700. The van der Waals surface area contributed by atoms with Gasteiger partial charge in [-0.15, -0.1) is 0 Å². The maximum absolute atomic E-state index is 14.5. The number of carbonyl (C=O) groups excluding carboxylic acids is 7.